The van der Waals surface area contributed by atoms with E-state index >= 15 is 0 Å². The molecule has 2 heterocycles. The monoisotopic (exact) mass is 215 g/mol. The first-order valence-corrected chi connectivity index (χ1v) is 5.56. The van der Waals surface area contributed by atoms with Gasteiger partial charge in [0.15, 0.2) is 5.82 Å². The van der Waals surface area contributed by atoms with Crippen LogP contribution in [-0.2, 0) is 0 Å². The Hall–Kier alpha value is -1.68. The van der Waals surface area contributed by atoms with Crippen molar-refractivity contribution in [3.63, 3.8) is 0 Å². The smallest absolute Gasteiger partial charge is 0.257 e. The molecule has 3 rings (SSSR count). The predicted octanol–water partition coefficient (Wildman–Crippen LogP) is 2.16. The number of nitrogens with zero attached hydrogens (tertiary/aromatic N) is 2. The van der Waals surface area contributed by atoms with Gasteiger partial charge in [0.2, 0.25) is 0 Å². The van der Waals surface area contributed by atoms with Crippen LogP contribution in [0.5, 0.6) is 0 Å². The van der Waals surface area contributed by atoms with Gasteiger partial charge in [-0.2, -0.15) is 4.98 Å². The summed E-state index contributed by atoms with van der Waals surface area (Å²) < 4.78 is 5.26. The van der Waals surface area contributed by atoms with Crippen molar-refractivity contribution < 1.29 is 4.52 Å². The first-order chi connectivity index (χ1) is 7.93. The van der Waals surface area contributed by atoms with Crippen molar-refractivity contribution >= 4 is 0 Å². The van der Waals surface area contributed by atoms with E-state index in [0.29, 0.717) is 5.89 Å². The first-order valence-electron chi connectivity index (χ1n) is 5.56. The van der Waals surface area contributed by atoms with Gasteiger partial charge in [-0.25, -0.2) is 0 Å². The molecule has 16 heavy (non-hydrogen) atoms. The number of benzene rings is 1. The van der Waals surface area contributed by atoms with Gasteiger partial charge < -0.3 is 9.84 Å². The molecule has 4 nitrogen and oxygen atoms in total. The van der Waals surface area contributed by atoms with Crippen LogP contribution in [0.25, 0.3) is 11.5 Å². The van der Waals surface area contributed by atoms with Crippen molar-refractivity contribution in [2.24, 2.45) is 0 Å². The third-order valence-electron chi connectivity index (χ3n) is 2.83. The van der Waals surface area contributed by atoms with E-state index in [4.69, 9.17) is 4.52 Å². The molecule has 4 heteroatoms. The molecule has 0 bridgehead atoms. The number of nitrogens with one attached hydrogen (secondary N) is 1. The summed E-state index contributed by atoms with van der Waals surface area (Å²) in [5.74, 6) is 1.38. The number of aromatic nitrogens is 2. The second kappa shape index (κ2) is 4.06. The van der Waals surface area contributed by atoms with Gasteiger partial charge in [0.05, 0.1) is 6.04 Å². The van der Waals surface area contributed by atoms with Crippen molar-refractivity contribution in [3.05, 3.63) is 36.2 Å². The second-order valence-electron chi connectivity index (χ2n) is 3.97. The van der Waals surface area contributed by atoms with Gasteiger partial charge in [-0.1, -0.05) is 23.4 Å². The molecule has 0 aliphatic carbocycles. The molecule has 1 aromatic carbocycles. The van der Waals surface area contributed by atoms with Crippen LogP contribution in [0.2, 0.25) is 0 Å². The summed E-state index contributed by atoms with van der Waals surface area (Å²) in [6, 6.07) is 10.1. The highest BCUT2D eigenvalue weighted by Gasteiger charge is 2.21. The Morgan fingerprint density at radius 1 is 1.25 bits per heavy atom. The molecule has 0 unspecified atom stereocenters. The molecule has 2 aromatic rings. The lowest BCUT2D eigenvalue weighted by Crippen LogP contribution is -2.14. The van der Waals surface area contributed by atoms with E-state index in [1.54, 1.807) is 0 Å². The fraction of sp³-hybridized carbons (Fsp3) is 0.333. The van der Waals surface area contributed by atoms with Gasteiger partial charge in [-0.05, 0) is 31.5 Å². The highest BCUT2D eigenvalue weighted by molar-refractivity contribution is 5.52. The minimum atomic E-state index is 0.265. The third kappa shape index (κ3) is 1.72. The highest BCUT2D eigenvalue weighted by atomic mass is 16.5. The summed E-state index contributed by atoms with van der Waals surface area (Å²) in [6.07, 6.45) is 2.27. The minimum absolute atomic E-state index is 0.265. The van der Waals surface area contributed by atoms with Crippen LogP contribution in [0.1, 0.15) is 24.7 Å². The zero-order chi connectivity index (χ0) is 10.8. The maximum Gasteiger partial charge on any atom is 0.257 e. The Morgan fingerprint density at radius 2 is 2.12 bits per heavy atom. The van der Waals surface area contributed by atoms with Gasteiger partial charge in [0, 0.05) is 5.56 Å². The second-order valence-corrected chi connectivity index (χ2v) is 3.97. The average Bonchev–Trinajstić information content (AvgIpc) is 3.01. The van der Waals surface area contributed by atoms with E-state index in [2.05, 4.69) is 15.5 Å². The van der Waals surface area contributed by atoms with Gasteiger partial charge >= 0.3 is 0 Å². The lowest BCUT2D eigenvalue weighted by atomic mass is 10.2. The highest BCUT2D eigenvalue weighted by Crippen LogP contribution is 2.23. The van der Waals surface area contributed by atoms with Crippen LogP contribution in [-0.4, -0.2) is 16.7 Å². The summed E-state index contributed by atoms with van der Waals surface area (Å²) in [5.41, 5.74) is 0.972. The van der Waals surface area contributed by atoms with E-state index in [0.717, 1.165) is 24.4 Å². The van der Waals surface area contributed by atoms with Gasteiger partial charge in [-0.15, -0.1) is 0 Å². The van der Waals surface area contributed by atoms with E-state index < -0.39 is 0 Å². The molecule has 1 N–H and O–H groups in total. The summed E-state index contributed by atoms with van der Waals surface area (Å²) in [6.45, 7) is 1.04. The van der Waals surface area contributed by atoms with Gasteiger partial charge in [0.1, 0.15) is 0 Å². The zero-order valence-corrected chi connectivity index (χ0v) is 8.89. The lowest BCUT2D eigenvalue weighted by Gasteiger charge is -2.01. The first kappa shape index (κ1) is 9.54. The van der Waals surface area contributed by atoms with Crippen LogP contribution in [0.15, 0.2) is 34.9 Å². The molecule has 1 aliphatic rings. The molecule has 82 valence electrons. The SMILES string of the molecule is c1ccc(-c2nc([C@@H]3CCCN3)no2)cc1. The normalized spacial score (nSPS) is 20.1. The average molecular weight is 215 g/mol. The van der Waals surface area contributed by atoms with E-state index in [-0.39, 0.29) is 6.04 Å². The van der Waals surface area contributed by atoms with Crippen molar-refractivity contribution in [2.45, 2.75) is 18.9 Å². The zero-order valence-electron chi connectivity index (χ0n) is 8.89. The van der Waals surface area contributed by atoms with Gasteiger partial charge in [0.25, 0.3) is 5.89 Å². The maximum atomic E-state index is 5.26. The molecule has 1 fully saturated rings. The fourth-order valence-electron chi connectivity index (χ4n) is 1.98. The quantitative estimate of drug-likeness (QED) is 0.834. The molecular weight excluding hydrogens is 202 g/mol. The summed E-state index contributed by atoms with van der Waals surface area (Å²) in [7, 11) is 0. The number of rotatable bonds is 2. The predicted molar refractivity (Wildman–Crippen MR) is 59.7 cm³/mol. The largest absolute Gasteiger partial charge is 0.334 e. The van der Waals surface area contributed by atoms with Crippen LogP contribution < -0.4 is 5.32 Å². The Balaban J connectivity index is 1.87. The van der Waals surface area contributed by atoms with Crippen LogP contribution in [0, 0.1) is 0 Å². The van der Waals surface area contributed by atoms with E-state index in [1.165, 1.54) is 6.42 Å². The Kier molecular flexibility index (Phi) is 2.42. The third-order valence-corrected chi connectivity index (χ3v) is 2.83. The van der Waals surface area contributed by atoms with Crippen molar-refractivity contribution in [3.8, 4) is 11.5 Å². The molecule has 0 spiro atoms. The minimum Gasteiger partial charge on any atom is -0.334 e. The van der Waals surface area contributed by atoms with Crippen LogP contribution in [0.3, 0.4) is 0 Å². The summed E-state index contributed by atoms with van der Waals surface area (Å²) >= 11 is 0. The standard InChI is InChI=1S/C12H13N3O/c1-2-5-9(6-3-1)12-14-11(15-16-12)10-7-4-8-13-10/h1-3,5-6,10,13H,4,7-8H2/t10-/m0/s1. The topological polar surface area (TPSA) is 51.0 Å². The maximum absolute atomic E-state index is 5.26. The van der Waals surface area contributed by atoms with Crippen molar-refractivity contribution in [1.29, 1.82) is 0 Å². The van der Waals surface area contributed by atoms with Crippen LogP contribution in [0.4, 0.5) is 0 Å². The Morgan fingerprint density at radius 3 is 2.88 bits per heavy atom. The van der Waals surface area contributed by atoms with Crippen LogP contribution >= 0.6 is 0 Å². The molecule has 1 aliphatic heterocycles. The Labute approximate surface area is 93.7 Å². The summed E-state index contributed by atoms with van der Waals surface area (Å²) in [4.78, 5) is 4.42. The van der Waals surface area contributed by atoms with Crippen molar-refractivity contribution in [1.82, 2.24) is 15.5 Å². The molecule has 1 aromatic heterocycles. The van der Waals surface area contributed by atoms with E-state index in [9.17, 15) is 0 Å². The Bertz CT molecular complexity index is 460. The fourth-order valence-corrected chi connectivity index (χ4v) is 1.98. The lowest BCUT2D eigenvalue weighted by molar-refractivity contribution is 0.412. The van der Waals surface area contributed by atoms with Gasteiger partial charge in [-0.3, -0.25) is 0 Å². The summed E-state index contributed by atoms with van der Waals surface area (Å²) in [5, 5.41) is 7.38. The number of hydrogen-bond acceptors (Lipinski definition) is 4. The molecular formula is C12H13N3O. The number of hydrogen-bond donors (Lipinski definition) is 1. The molecule has 0 saturated carbocycles. The molecule has 1 saturated heterocycles. The van der Waals surface area contributed by atoms with E-state index in [1.807, 2.05) is 30.3 Å². The molecule has 0 amide bonds. The molecule has 1 atom stereocenters. The van der Waals surface area contributed by atoms with Crippen molar-refractivity contribution in [2.75, 3.05) is 6.54 Å². The molecule has 0 radical (unpaired) electrons.